The van der Waals surface area contributed by atoms with Crippen LogP contribution in [0.1, 0.15) is 68.4 Å². The van der Waals surface area contributed by atoms with Crippen molar-refractivity contribution >= 4 is 11.8 Å². The summed E-state index contributed by atoms with van der Waals surface area (Å²) < 4.78 is 14.5. The van der Waals surface area contributed by atoms with E-state index in [1.54, 1.807) is 6.07 Å². The summed E-state index contributed by atoms with van der Waals surface area (Å²) in [5.74, 6) is -0.854. The van der Waals surface area contributed by atoms with Crippen molar-refractivity contribution < 1.29 is 14.0 Å². The van der Waals surface area contributed by atoms with Gasteiger partial charge in [0.2, 0.25) is 5.91 Å². The van der Waals surface area contributed by atoms with Crippen LogP contribution in [0.3, 0.4) is 0 Å². The zero-order valence-corrected chi connectivity index (χ0v) is 21.5. The molecule has 0 radical (unpaired) electrons. The van der Waals surface area contributed by atoms with E-state index in [1.165, 1.54) is 19.2 Å². The van der Waals surface area contributed by atoms with Gasteiger partial charge in [-0.25, -0.2) is 4.39 Å². The van der Waals surface area contributed by atoms with E-state index in [1.807, 2.05) is 18.2 Å². The van der Waals surface area contributed by atoms with Crippen molar-refractivity contribution in [2.24, 2.45) is 5.41 Å². The molecule has 2 aromatic rings. The number of carbonyl (C=O) groups excluding carboxylic acids is 2. The number of halogens is 1. The smallest absolute Gasteiger partial charge is 0.253 e. The molecule has 5 nitrogen and oxygen atoms in total. The average molecular weight is 470 g/mol. The number of rotatable bonds is 11. The topological polar surface area (TPSA) is 61.4 Å². The van der Waals surface area contributed by atoms with Crippen molar-refractivity contribution in [2.45, 2.75) is 59.4 Å². The first-order valence-corrected chi connectivity index (χ1v) is 12.2. The van der Waals surface area contributed by atoms with Crippen molar-refractivity contribution in [2.75, 3.05) is 26.7 Å². The second-order valence-corrected chi connectivity index (χ2v) is 9.81. The third kappa shape index (κ3) is 7.66. The van der Waals surface area contributed by atoms with Crippen LogP contribution in [-0.4, -0.2) is 49.4 Å². The quantitative estimate of drug-likeness (QED) is 0.498. The van der Waals surface area contributed by atoms with Crippen LogP contribution in [0, 0.1) is 11.2 Å². The van der Waals surface area contributed by atoms with Crippen LogP contribution in [0.15, 0.2) is 48.5 Å². The molecule has 0 heterocycles. The Morgan fingerprint density at radius 3 is 2.21 bits per heavy atom. The van der Waals surface area contributed by atoms with Gasteiger partial charge in [-0.15, -0.1) is 0 Å². The van der Waals surface area contributed by atoms with E-state index in [9.17, 15) is 14.0 Å². The molecule has 0 bridgehead atoms. The first kappa shape index (κ1) is 27.5. The van der Waals surface area contributed by atoms with E-state index < -0.39 is 11.7 Å². The predicted octanol–water partition coefficient (Wildman–Crippen LogP) is 4.77. The summed E-state index contributed by atoms with van der Waals surface area (Å²) in [5.41, 5.74) is 1.94. The van der Waals surface area contributed by atoms with Gasteiger partial charge in [0, 0.05) is 26.1 Å². The highest BCUT2D eigenvalue weighted by molar-refractivity contribution is 5.94. The van der Waals surface area contributed by atoms with Crippen LogP contribution in [-0.2, 0) is 11.2 Å². The third-order valence-corrected chi connectivity index (χ3v) is 6.48. The normalized spacial score (nSPS) is 13.4. The summed E-state index contributed by atoms with van der Waals surface area (Å²) in [6, 6.07) is 14.9. The van der Waals surface area contributed by atoms with Crippen LogP contribution in [0.25, 0.3) is 0 Å². The lowest BCUT2D eigenvalue weighted by Gasteiger charge is -2.32. The van der Waals surface area contributed by atoms with Gasteiger partial charge in [-0.3, -0.25) is 14.5 Å². The Morgan fingerprint density at radius 2 is 1.68 bits per heavy atom. The Morgan fingerprint density at radius 1 is 1.03 bits per heavy atom. The Labute approximate surface area is 204 Å². The van der Waals surface area contributed by atoms with Crippen LogP contribution in [0.4, 0.5) is 4.39 Å². The predicted molar refractivity (Wildman–Crippen MR) is 136 cm³/mol. The molecule has 34 heavy (non-hydrogen) atoms. The molecule has 0 aliphatic heterocycles. The highest BCUT2D eigenvalue weighted by Gasteiger charge is 2.29. The third-order valence-electron chi connectivity index (χ3n) is 6.48. The van der Waals surface area contributed by atoms with E-state index in [0.29, 0.717) is 19.4 Å². The molecule has 2 aromatic carbocycles. The van der Waals surface area contributed by atoms with Crippen LogP contribution >= 0.6 is 0 Å². The number of hydrogen-bond acceptors (Lipinski definition) is 3. The molecule has 0 spiro atoms. The van der Waals surface area contributed by atoms with Gasteiger partial charge in [0.1, 0.15) is 5.82 Å². The maximum Gasteiger partial charge on any atom is 0.253 e. The minimum atomic E-state index is -0.532. The highest BCUT2D eigenvalue weighted by atomic mass is 19.1. The second-order valence-electron chi connectivity index (χ2n) is 9.81. The van der Waals surface area contributed by atoms with Gasteiger partial charge in [0.15, 0.2) is 0 Å². The van der Waals surface area contributed by atoms with E-state index in [-0.39, 0.29) is 28.8 Å². The molecule has 0 saturated carbocycles. The average Bonchev–Trinajstić information content (AvgIpc) is 2.81. The van der Waals surface area contributed by atoms with E-state index in [2.05, 4.69) is 62.3 Å². The number of nitrogens with one attached hydrogen (secondary N) is 2. The number of benzene rings is 2. The minimum absolute atomic E-state index is 0.0158. The zero-order valence-electron chi connectivity index (χ0n) is 21.5. The van der Waals surface area contributed by atoms with Gasteiger partial charge in [0.25, 0.3) is 5.91 Å². The molecule has 2 N–H and O–H groups in total. The first-order chi connectivity index (χ1) is 16.1. The van der Waals surface area contributed by atoms with Crippen molar-refractivity contribution in [3.63, 3.8) is 0 Å². The molecule has 0 aliphatic carbocycles. The van der Waals surface area contributed by atoms with Crippen LogP contribution < -0.4 is 10.6 Å². The highest BCUT2D eigenvalue weighted by Crippen LogP contribution is 2.37. The van der Waals surface area contributed by atoms with Gasteiger partial charge in [-0.1, -0.05) is 71.0 Å². The van der Waals surface area contributed by atoms with E-state index in [4.69, 9.17) is 0 Å². The van der Waals surface area contributed by atoms with Gasteiger partial charge >= 0.3 is 0 Å². The second kappa shape index (κ2) is 12.7. The Hall–Kier alpha value is -2.73. The summed E-state index contributed by atoms with van der Waals surface area (Å²) in [4.78, 5) is 27.1. The SMILES string of the molecule is CCN(CC)[C@H](CNC(=O)C[C@@H](c1ccccc1)C(C)(C)C)Cc1ccc(C(=O)NC)c(F)c1. The first-order valence-electron chi connectivity index (χ1n) is 12.2. The molecule has 0 unspecified atom stereocenters. The Kier molecular flexibility index (Phi) is 10.2. The van der Waals surface area contributed by atoms with Crippen molar-refractivity contribution in [1.29, 1.82) is 0 Å². The summed E-state index contributed by atoms with van der Waals surface area (Å²) in [7, 11) is 1.48. The maximum absolute atomic E-state index is 14.5. The fraction of sp³-hybridized carbons (Fsp3) is 0.500. The van der Waals surface area contributed by atoms with Gasteiger partial charge in [0.05, 0.1) is 5.56 Å². The van der Waals surface area contributed by atoms with Gasteiger partial charge in [-0.05, 0) is 54.1 Å². The minimum Gasteiger partial charge on any atom is -0.355 e. The molecular formula is C28H40FN3O2. The van der Waals surface area contributed by atoms with E-state index in [0.717, 1.165) is 24.2 Å². The standard InChI is InChI=1S/C28H40FN3O2/c1-7-32(8-2)22(16-20-14-15-23(25(29)17-20)27(34)30-6)19-31-26(33)18-24(28(3,4)5)21-12-10-9-11-13-21/h9-15,17,22,24H,7-8,16,18-19H2,1-6H3,(H,30,34)(H,31,33)/t22-,24-/m0/s1. The Balaban J connectivity index is 2.12. The molecular weight excluding hydrogens is 429 g/mol. The lowest BCUT2D eigenvalue weighted by Crippen LogP contribution is -2.45. The molecule has 2 rings (SSSR count). The Bertz CT molecular complexity index is 936. The summed E-state index contributed by atoms with van der Waals surface area (Å²) >= 11 is 0. The molecule has 2 atom stereocenters. The molecule has 0 fully saturated rings. The molecule has 2 amide bonds. The van der Waals surface area contributed by atoms with Gasteiger partial charge < -0.3 is 10.6 Å². The van der Waals surface area contributed by atoms with E-state index >= 15 is 0 Å². The number of nitrogens with zero attached hydrogens (tertiary/aromatic N) is 1. The summed E-state index contributed by atoms with van der Waals surface area (Å²) in [5, 5.41) is 5.59. The largest absolute Gasteiger partial charge is 0.355 e. The molecule has 6 heteroatoms. The van der Waals surface area contributed by atoms with Crippen LogP contribution in [0.5, 0.6) is 0 Å². The molecule has 0 aromatic heterocycles. The molecule has 0 aliphatic rings. The fourth-order valence-corrected chi connectivity index (χ4v) is 4.45. The monoisotopic (exact) mass is 469 g/mol. The summed E-state index contributed by atoms with van der Waals surface area (Å²) in [6.45, 7) is 12.8. The number of likely N-dealkylation sites (N-methyl/N-ethyl adjacent to an activating group) is 1. The maximum atomic E-state index is 14.5. The van der Waals surface area contributed by atoms with Crippen molar-refractivity contribution in [3.05, 3.63) is 71.0 Å². The number of hydrogen-bond donors (Lipinski definition) is 2. The molecule has 186 valence electrons. The van der Waals surface area contributed by atoms with Gasteiger partial charge in [-0.2, -0.15) is 0 Å². The lowest BCUT2D eigenvalue weighted by molar-refractivity contribution is -0.122. The number of carbonyl (C=O) groups is 2. The van der Waals surface area contributed by atoms with Crippen molar-refractivity contribution in [3.8, 4) is 0 Å². The van der Waals surface area contributed by atoms with Crippen LogP contribution in [0.2, 0.25) is 0 Å². The fourth-order valence-electron chi connectivity index (χ4n) is 4.45. The zero-order chi connectivity index (χ0) is 25.3. The van der Waals surface area contributed by atoms with Crippen molar-refractivity contribution in [1.82, 2.24) is 15.5 Å². The lowest BCUT2D eigenvalue weighted by atomic mass is 9.74. The number of amides is 2. The molecule has 0 saturated heterocycles. The summed E-state index contributed by atoms with van der Waals surface area (Å²) in [6.07, 6.45) is 0.988.